The van der Waals surface area contributed by atoms with Crippen molar-refractivity contribution in [2.45, 2.75) is 52.5 Å². The molecule has 0 unspecified atom stereocenters. The second-order valence-electron chi connectivity index (χ2n) is 3.96. The van der Waals surface area contributed by atoms with E-state index >= 15 is 0 Å². The molecule has 0 amide bonds. The largest absolute Gasteiger partial charge is 0.294 e. The summed E-state index contributed by atoms with van der Waals surface area (Å²) in [6.45, 7) is 4.71. The molecule has 0 bridgehead atoms. The van der Waals surface area contributed by atoms with Gasteiger partial charge in [-0.15, -0.1) is 0 Å². The van der Waals surface area contributed by atoms with Gasteiger partial charge in [0.25, 0.3) is 0 Å². The van der Waals surface area contributed by atoms with Crippen LogP contribution in [0.3, 0.4) is 0 Å². The molecule has 0 spiro atoms. The summed E-state index contributed by atoms with van der Waals surface area (Å²) in [7, 11) is 0. The highest BCUT2D eigenvalue weighted by Gasteiger charge is 2.02. The average molecular weight is 208 g/mol. The van der Waals surface area contributed by atoms with Gasteiger partial charge in [-0.3, -0.25) is 9.48 Å². The molecule has 0 aliphatic rings. The van der Waals surface area contributed by atoms with E-state index in [1.54, 1.807) is 13.1 Å². The van der Waals surface area contributed by atoms with E-state index in [2.05, 4.69) is 12.0 Å². The number of unbranched alkanes of at least 4 members (excludes halogenated alkanes) is 4. The van der Waals surface area contributed by atoms with Gasteiger partial charge in [0.2, 0.25) is 0 Å². The molecule has 0 aliphatic heterocycles. The first-order chi connectivity index (χ1) is 7.24. The van der Waals surface area contributed by atoms with Crippen LogP contribution in [0.1, 0.15) is 56.3 Å². The highest BCUT2D eigenvalue weighted by Crippen LogP contribution is 2.05. The van der Waals surface area contributed by atoms with E-state index in [1.165, 1.54) is 25.7 Å². The molecule has 1 aromatic rings. The molecule has 1 rings (SSSR count). The molecule has 0 saturated heterocycles. The Hall–Kier alpha value is -1.12. The van der Waals surface area contributed by atoms with Crippen LogP contribution < -0.4 is 0 Å². The molecule has 0 fully saturated rings. The van der Waals surface area contributed by atoms with Crippen LogP contribution in [0.4, 0.5) is 0 Å². The first-order valence-electron chi connectivity index (χ1n) is 5.77. The fourth-order valence-corrected chi connectivity index (χ4v) is 1.55. The number of rotatable bonds is 7. The average Bonchev–Trinajstić information content (AvgIpc) is 2.66. The number of hydrogen-bond acceptors (Lipinski definition) is 2. The van der Waals surface area contributed by atoms with Gasteiger partial charge < -0.3 is 0 Å². The number of carbonyl (C=O) groups excluding carboxylic acids is 1. The van der Waals surface area contributed by atoms with Gasteiger partial charge in [0, 0.05) is 12.7 Å². The van der Waals surface area contributed by atoms with E-state index in [-0.39, 0.29) is 5.78 Å². The number of hydrogen-bond donors (Lipinski definition) is 0. The first kappa shape index (κ1) is 12.0. The van der Waals surface area contributed by atoms with Crippen molar-refractivity contribution >= 4 is 5.78 Å². The van der Waals surface area contributed by atoms with Crippen molar-refractivity contribution in [1.82, 2.24) is 9.78 Å². The zero-order valence-electron chi connectivity index (χ0n) is 9.70. The summed E-state index contributed by atoms with van der Waals surface area (Å²) in [5.41, 5.74) is 0.712. The Morgan fingerprint density at radius 3 is 2.67 bits per heavy atom. The summed E-state index contributed by atoms with van der Waals surface area (Å²) in [4.78, 5) is 11.0. The molecule has 0 N–H and O–H groups in total. The molecule has 1 heterocycles. The summed E-state index contributed by atoms with van der Waals surface area (Å²) in [5.74, 6) is 0.0900. The van der Waals surface area contributed by atoms with Crippen LogP contribution in [-0.4, -0.2) is 15.6 Å². The maximum atomic E-state index is 11.0. The van der Waals surface area contributed by atoms with Crippen molar-refractivity contribution in [2.75, 3.05) is 0 Å². The van der Waals surface area contributed by atoms with E-state index in [1.807, 2.05) is 10.9 Å². The number of nitrogens with zero attached hydrogens (tertiary/aromatic N) is 2. The van der Waals surface area contributed by atoms with Gasteiger partial charge in [-0.05, 0) is 13.3 Å². The van der Waals surface area contributed by atoms with Crippen molar-refractivity contribution in [3.63, 3.8) is 0 Å². The first-order valence-corrected chi connectivity index (χ1v) is 5.77. The normalized spacial score (nSPS) is 10.5. The predicted molar refractivity (Wildman–Crippen MR) is 61.0 cm³/mol. The van der Waals surface area contributed by atoms with E-state index < -0.39 is 0 Å². The van der Waals surface area contributed by atoms with Gasteiger partial charge in [-0.2, -0.15) is 5.10 Å². The molecule has 0 aliphatic carbocycles. The lowest BCUT2D eigenvalue weighted by Crippen LogP contribution is -1.98. The van der Waals surface area contributed by atoms with E-state index in [9.17, 15) is 4.79 Å². The SMILES string of the molecule is CCCCCCCn1cc(C(C)=O)cn1. The van der Waals surface area contributed by atoms with Crippen LogP contribution in [0.15, 0.2) is 12.4 Å². The zero-order valence-corrected chi connectivity index (χ0v) is 9.70. The van der Waals surface area contributed by atoms with Crippen molar-refractivity contribution in [2.24, 2.45) is 0 Å². The van der Waals surface area contributed by atoms with E-state index in [0.29, 0.717) is 5.56 Å². The van der Waals surface area contributed by atoms with E-state index in [4.69, 9.17) is 0 Å². The Balaban J connectivity index is 2.23. The Morgan fingerprint density at radius 2 is 2.07 bits per heavy atom. The highest BCUT2D eigenvalue weighted by molar-refractivity contribution is 5.93. The molecule has 3 nitrogen and oxygen atoms in total. The molecule has 15 heavy (non-hydrogen) atoms. The lowest BCUT2D eigenvalue weighted by molar-refractivity contribution is 0.101. The topological polar surface area (TPSA) is 34.9 Å². The number of aromatic nitrogens is 2. The third-order valence-electron chi connectivity index (χ3n) is 2.53. The minimum atomic E-state index is 0.0900. The Bertz CT molecular complexity index is 304. The summed E-state index contributed by atoms with van der Waals surface area (Å²) in [6.07, 6.45) is 9.78. The van der Waals surface area contributed by atoms with Crippen LogP contribution in [-0.2, 0) is 6.54 Å². The maximum absolute atomic E-state index is 11.0. The maximum Gasteiger partial charge on any atom is 0.162 e. The van der Waals surface area contributed by atoms with Gasteiger partial charge >= 0.3 is 0 Å². The minimum Gasteiger partial charge on any atom is -0.294 e. The molecule has 84 valence electrons. The van der Waals surface area contributed by atoms with E-state index in [0.717, 1.165) is 13.0 Å². The molecule has 0 atom stereocenters. The smallest absolute Gasteiger partial charge is 0.162 e. The van der Waals surface area contributed by atoms with Crippen LogP contribution in [0.25, 0.3) is 0 Å². The quantitative estimate of drug-likeness (QED) is 0.510. The van der Waals surface area contributed by atoms with Crippen molar-refractivity contribution in [1.29, 1.82) is 0 Å². The summed E-state index contributed by atoms with van der Waals surface area (Å²) in [6, 6.07) is 0. The lowest BCUT2D eigenvalue weighted by atomic mass is 10.1. The molecule has 3 heteroatoms. The van der Waals surface area contributed by atoms with Gasteiger partial charge in [-0.25, -0.2) is 0 Å². The summed E-state index contributed by atoms with van der Waals surface area (Å²) < 4.78 is 1.86. The summed E-state index contributed by atoms with van der Waals surface area (Å²) >= 11 is 0. The number of aryl methyl sites for hydroxylation is 1. The molecule has 0 aromatic carbocycles. The van der Waals surface area contributed by atoms with Crippen molar-refractivity contribution in [3.05, 3.63) is 18.0 Å². The van der Waals surface area contributed by atoms with Crippen molar-refractivity contribution < 1.29 is 4.79 Å². The molecular weight excluding hydrogens is 188 g/mol. The Morgan fingerprint density at radius 1 is 1.33 bits per heavy atom. The van der Waals surface area contributed by atoms with Crippen LogP contribution in [0.5, 0.6) is 0 Å². The zero-order chi connectivity index (χ0) is 11.1. The van der Waals surface area contributed by atoms with Crippen LogP contribution in [0.2, 0.25) is 0 Å². The number of carbonyl (C=O) groups is 1. The standard InChI is InChI=1S/C12H20N2O/c1-3-4-5-6-7-8-14-10-12(9-13-14)11(2)15/h9-10H,3-8H2,1-2H3. The van der Waals surface area contributed by atoms with Gasteiger partial charge in [-0.1, -0.05) is 32.6 Å². The third kappa shape index (κ3) is 4.28. The molecule has 1 aromatic heterocycles. The van der Waals surface area contributed by atoms with Gasteiger partial charge in [0.1, 0.15) is 0 Å². The molecule has 0 radical (unpaired) electrons. The number of ketones is 1. The highest BCUT2D eigenvalue weighted by atomic mass is 16.1. The monoisotopic (exact) mass is 208 g/mol. The van der Waals surface area contributed by atoms with Crippen molar-refractivity contribution in [3.8, 4) is 0 Å². The van der Waals surface area contributed by atoms with Crippen LogP contribution in [0, 0.1) is 0 Å². The van der Waals surface area contributed by atoms with Gasteiger partial charge in [0.15, 0.2) is 5.78 Å². The lowest BCUT2D eigenvalue weighted by Gasteiger charge is -2.00. The fourth-order valence-electron chi connectivity index (χ4n) is 1.55. The molecule has 0 saturated carbocycles. The predicted octanol–water partition coefficient (Wildman–Crippen LogP) is 3.06. The Kier molecular flexibility index (Phi) is 5.08. The second kappa shape index (κ2) is 6.38. The van der Waals surface area contributed by atoms with Gasteiger partial charge in [0.05, 0.1) is 11.8 Å². The molecular formula is C12H20N2O. The third-order valence-corrected chi connectivity index (χ3v) is 2.53. The second-order valence-corrected chi connectivity index (χ2v) is 3.96. The minimum absolute atomic E-state index is 0.0900. The fraction of sp³-hybridized carbons (Fsp3) is 0.667. The number of Topliss-reactive ketones (excluding diaryl/α,β-unsaturated/α-hetero) is 1. The Labute approximate surface area is 91.5 Å². The summed E-state index contributed by atoms with van der Waals surface area (Å²) in [5, 5.41) is 4.15. The van der Waals surface area contributed by atoms with Crippen LogP contribution >= 0.6 is 0 Å².